The molecule has 1 fully saturated rings. The van der Waals surface area contributed by atoms with Crippen LogP contribution < -0.4 is 0 Å². The maximum absolute atomic E-state index is 12.0. The van der Waals surface area contributed by atoms with Crippen molar-refractivity contribution in [3.05, 3.63) is 42.5 Å². The highest BCUT2D eigenvalue weighted by Gasteiger charge is 2.33. The quantitative estimate of drug-likeness (QED) is 0.437. The number of epoxide rings is 1. The summed E-state index contributed by atoms with van der Waals surface area (Å²) in [6.45, 7) is 6.37. The van der Waals surface area contributed by atoms with Crippen LogP contribution in [0.4, 0.5) is 0 Å². The molecule has 19 heavy (non-hydrogen) atoms. The third-order valence-electron chi connectivity index (χ3n) is 3.10. The third kappa shape index (κ3) is 3.89. The summed E-state index contributed by atoms with van der Waals surface area (Å²) >= 11 is 0. The molecular formula is C14H18O4S. The lowest BCUT2D eigenvalue weighted by molar-refractivity contribution is 0.217. The molecule has 0 radical (unpaired) electrons. The maximum atomic E-state index is 12.0. The fourth-order valence-electron chi connectivity index (χ4n) is 1.82. The summed E-state index contributed by atoms with van der Waals surface area (Å²) in [5.41, 5.74) is 1.01. The lowest BCUT2D eigenvalue weighted by Gasteiger charge is -2.12. The van der Waals surface area contributed by atoms with Gasteiger partial charge in [0, 0.05) is 5.92 Å². The van der Waals surface area contributed by atoms with Gasteiger partial charge in [-0.2, -0.15) is 8.42 Å². The van der Waals surface area contributed by atoms with E-state index >= 15 is 0 Å². The minimum Gasteiger partial charge on any atom is -0.373 e. The van der Waals surface area contributed by atoms with E-state index in [1.807, 2.05) is 6.92 Å². The van der Waals surface area contributed by atoms with E-state index in [0.717, 1.165) is 5.56 Å². The Labute approximate surface area is 114 Å². The monoisotopic (exact) mass is 282 g/mol. The van der Waals surface area contributed by atoms with E-state index in [9.17, 15) is 8.42 Å². The van der Waals surface area contributed by atoms with Gasteiger partial charge in [0.25, 0.3) is 10.1 Å². The molecular weight excluding hydrogens is 264 g/mol. The van der Waals surface area contributed by atoms with Gasteiger partial charge in [-0.3, -0.25) is 4.18 Å². The first kappa shape index (κ1) is 14.2. The first-order chi connectivity index (χ1) is 9.03. The topological polar surface area (TPSA) is 55.9 Å². The summed E-state index contributed by atoms with van der Waals surface area (Å²) in [6, 6.07) is 6.62. The van der Waals surface area contributed by atoms with Gasteiger partial charge in [0.05, 0.1) is 24.2 Å². The summed E-state index contributed by atoms with van der Waals surface area (Å²) in [5.74, 6) is 0.0534. The molecule has 0 aromatic heterocycles. The smallest absolute Gasteiger partial charge is 0.296 e. The molecule has 1 saturated heterocycles. The largest absolute Gasteiger partial charge is 0.373 e. The molecule has 0 saturated carbocycles. The van der Waals surface area contributed by atoms with E-state index in [1.54, 1.807) is 30.3 Å². The van der Waals surface area contributed by atoms with Crippen molar-refractivity contribution in [2.75, 3.05) is 13.2 Å². The molecule has 5 heteroatoms. The summed E-state index contributed by atoms with van der Waals surface area (Å²) in [5, 5.41) is 0. The highest BCUT2D eigenvalue weighted by Crippen LogP contribution is 2.25. The molecule has 0 amide bonds. The van der Waals surface area contributed by atoms with Crippen LogP contribution in [0.1, 0.15) is 12.0 Å². The molecule has 2 atom stereocenters. The minimum atomic E-state index is -3.69. The summed E-state index contributed by atoms with van der Waals surface area (Å²) < 4.78 is 34.3. The van der Waals surface area contributed by atoms with Gasteiger partial charge in [0.2, 0.25) is 0 Å². The number of hydrogen-bond donors (Lipinski definition) is 0. The van der Waals surface area contributed by atoms with Gasteiger partial charge in [-0.25, -0.2) is 0 Å². The zero-order valence-electron chi connectivity index (χ0n) is 10.9. The van der Waals surface area contributed by atoms with Crippen molar-refractivity contribution >= 4 is 10.1 Å². The second-order valence-electron chi connectivity index (χ2n) is 4.71. The van der Waals surface area contributed by atoms with Crippen molar-refractivity contribution in [1.29, 1.82) is 0 Å². The van der Waals surface area contributed by atoms with Crippen LogP contribution in [0.2, 0.25) is 0 Å². The number of rotatable bonds is 7. The number of hydrogen-bond acceptors (Lipinski definition) is 4. The van der Waals surface area contributed by atoms with Crippen molar-refractivity contribution in [2.24, 2.45) is 5.92 Å². The Morgan fingerprint density at radius 1 is 1.47 bits per heavy atom. The molecule has 2 unspecified atom stereocenters. The molecule has 2 rings (SSSR count). The van der Waals surface area contributed by atoms with Crippen molar-refractivity contribution in [2.45, 2.75) is 24.3 Å². The van der Waals surface area contributed by atoms with Crippen LogP contribution in [0.5, 0.6) is 0 Å². The minimum absolute atomic E-state index is 0.0534. The van der Waals surface area contributed by atoms with Crippen molar-refractivity contribution in [3.8, 4) is 0 Å². The molecule has 1 aromatic rings. The van der Waals surface area contributed by atoms with E-state index in [2.05, 4.69) is 6.58 Å². The van der Waals surface area contributed by atoms with E-state index in [-0.39, 0.29) is 23.5 Å². The Hall–Kier alpha value is -1.17. The van der Waals surface area contributed by atoms with Crippen LogP contribution in [0, 0.1) is 12.8 Å². The standard InChI is InChI=1S/C14H18O4S/c1-3-4-12(14-10-17-14)9-18-19(15,16)13-7-5-11(2)6-8-13/h3,5-8,12,14H,1,4,9-10H2,2H3. The van der Waals surface area contributed by atoms with Gasteiger partial charge in [-0.1, -0.05) is 23.8 Å². The zero-order chi connectivity index (χ0) is 13.9. The molecule has 1 aromatic carbocycles. The predicted molar refractivity (Wildman–Crippen MR) is 72.4 cm³/mol. The van der Waals surface area contributed by atoms with Crippen LogP contribution in [-0.4, -0.2) is 27.7 Å². The normalized spacial score (nSPS) is 19.9. The molecule has 0 N–H and O–H groups in total. The summed E-state index contributed by atoms with van der Waals surface area (Å²) in [6.07, 6.45) is 2.55. The van der Waals surface area contributed by atoms with E-state index in [0.29, 0.717) is 13.0 Å². The maximum Gasteiger partial charge on any atom is 0.296 e. The Bertz CT molecular complexity index is 529. The third-order valence-corrected chi connectivity index (χ3v) is 4.40. The van der Waals surface area contributed by atoms with Gasteiger partial charge in [-0.15, -0.1) is 6.58 Å². The first-order valence-corrected chi connectivity index (χ1v) is 7.62. The predicted octanol–water partition coefficient (Wildman–Crippen LogP) is 2.29. The fraction of sp³-hybridized carbons (Fsp3) is 0.429. The molecule has 1 aliphatic heterocycles. The zero-order valence-corrected chi connectivity index (χ0v) is 11.7. The van der Waals surface area contributed by atoms with Crippen molar-refractivity contribution < 1.29 is 17.3 Å². The average Bonchev–Trinajstić information content (AvgIpc) is 3.19. The Morgan fingerprint density at radius 2 is 2.11 bits per heavy atom. The van der Waals surface area contributed by atoms with Gasteiger partial charge in [0.15, 0.2) is 0 Å². The van der Waals surface area contributed by atoms with E-state index in [1.165, 1.54) is 0 Å². The molecule has 1 heterocycles. The van der Waals surface area contributed by atoms with Crippen LogP contribution in [-0.2, 0) is 19.0 Å². The first-order valence-electron chi connectivity index (χ1n) is 6.21. The Balaban J connectivity index is 2.00. The lowest BCUT2D eigenvalue weighted by atomic mass is 10.0. The number of aryl methyl sites for hydroxylation is 1. The van der Waals surface area contributed by atoms with Crippen LogP contribution in [0.25, 0.3) is 0 Å². The number of allylic oxidation sites excluding steroid dienone is 1. The van der Waals surface area contributed by atoms with Crippen molar-refractivity contribution in [1.82, 2.24) is 0 Å². The van der Waals surface area contributed by atoms with Crippen LogP contribution in [0.15, 0.2) is 41.8 Å². The van der Waals surface area contributed by atoms with Gasteiger partial charge in [-0.05, 0) is 25.5 Å². The van der Waals surface area contributed by atoms with E-state index < -0.39 is 10.1 Å². The molecule has 0 aliphatic carbocycles. The number of ether oxygens (including phenoxy) is 1. The summed E-state index contributed by atoms with van der Waals surface area (Å²) in [4.78, 5) is 0.187. The Kier molecular flexibility index (Phi) is 4.39. The van der Waals surface area contributed by atoms with Crippen LogP contribution >= 0.6 is 0 Å². The summed E-state index contributed by atoms with van der Waals surface area (Å²) in [7, 11) is -3.69. The number of benzene rings is 1. The van der Waals surface area contributed by atoms with Crippen LogP contribution in [0.3, 0.4) is 0 Å². The Morgan fingerprint density at radius 3 is 2.63 bits per heavy atom. The molecule has 4 nitrogen and oxygen atoms in total. The lowest BCUT2D eigenvalue weighted by Crippen LogP contribution is -2.18. The second-order valence-corrected chi connectivity index (χ2v) is 6.32. The second kappa shape index (κ2) is 5.86. The average molecular weight is 282 g/mol. The molecule has 0 bridgehead atoms. The highest BCUT2D eigenvalue weighted by molar-refractivity contribution is 7.86. The molecule has 1 aliphatic rings. The SMILES string of the molecule is C=CCC(COS(=O)(=O)c1ccc(C)cc1)C1CO1. The molecule has 0 spiro atoms. The van der Waals surface area contributed by atoms with Crippen molar-refractivity contribution in [3.63, 3.8) is 0 Å². The molecule has 104 valence electrons. The van der Waals surface area contributed by atoms with Gasteiger partial charge < -0.3 is 4.74 Å². The highest BCUT2D eigenvalue weighted by atomic mass is 32.2. The van der Waals surface area contributed by atoms with E-state index in [4.69, 9.17) is 8.92 Å². The van der Waals surface area contributed by atoms with Gasteiger partial charge in [0.1, 0.15) is 0 Å². The van der Waals surface area contributed by atoms with Gasteiger partial charge >= 0.3 is 0 Å². The fourth-order valence-corrected chi connectivity index (χ4v) is 2.78.